The summed E-state index contributed by atoms with van der Waals surface area (Å²) in [5.74, 6) is -0.112. The normalized spacial score (nSPS) is 11.0. The number of hydrogen-bond donors (Lipinski definition) is 0. The number of carbonyl (C=O) groups is 1. The Balaban J connectivity index is 3.06. The van der Waals surface area contributed by atoms with Crippen molar-refractivity contribution in [2.45, 2.75) is 97.3 Å². The fraction of sp³-hybridized carbons (Fsp3) is 0.952. The predicted molar refractivity (Wildman–Crippen MR) is 104 cm³/mol. The van der Waals surface area contributed by atoms with Gasteiger partial charge >= 0.3 is 5.97 Å². The molecule has 0 spiro atoms. The molecular formula is C21H42O4. The molecule has 0 heterocycles. The second kappa shape index (κ2) is 21.4. The van der Waals surface area contributed by atoms with Gasteiger partial charge in [-0.3, -0.25) is 4.79 Å². The topological polar surface area (TPSA) is 44.8 Å². The van der Waals surface area contributed by atoms with E-state index in [-0.39, 0.29) is 5.97 Å². The molecule has 0 fully saturated rings. The van der Waals surface area contributed by atoms with Gasteiger partial charge in [-0.15, -0.1) is 0 Å². The quantitative estimate of drug-likeness (QED) is 0.208. The molecule has 0 saturated carbocycles. The second-order valence-corrected chi connectivity index (χ2v) is 6.73. The Hall–Kier alpha value is -0.610. The molecule has 0 radical (unpaired) electrons. The lowest BCUT2D eigenvalue weighted by Gasteiger charge is -2.06. The monoisotopic (exact) mass is 358 g/mol. The Morgan fingerprint density at radius 2 is 1.08 bits per heavy atom. The second-order valence-electron chi connectivity index (χ2n) is 6.73. The zero-order valence-electron chi connectivity index (χ0n) is 16.9. The smallest absolute Gasteiger partial charge is 0.305 e. The zero-order chi connectivity index (χ0) is 18.4. The first kappa shape index (κ1) is 24.4. The number of ether oxygens (including phenoxy) is 3. The Morgan fingerprint density at radius 1 is 0.560 bits per heavy atom. The lowest BCUT2D eigenvalue weighted by atomic mass is 10.1. The Morgan fingerprint density at radius 3 is 1.68 bits per heavy atom. The van der Waals surface area contributed by atoms with E-state index in [1.54, 1.807) is 0 Å². The Labute approximate surface area is 156 Å². The molecular weight excluding hydrogens is 316 g/mol. The summed E-state index contributed by atoms with van der Waals surface area (Å²) >= 11 is 0. The van der Waals surface area contributed by atoms with Crippen LogP contribution in [0.2, 0.25) is 0 Å². The molecule has 25 heavy (non-hydrogen) atoms. The van der Waals surface area contributed by atoms with Crippen LogP contribution < -0.4 is 0 Å². The van der Waals surface area contributed by atoms with Crippen LogP contribution in [0, 0.1) is 0 Å². The average molecular weight is 359 g/mol. The summed E-state index contributed by atoms with van der Waals surface area (Å²) in [5.41, 5.74) is 0. The molecule has 0 aromatic rings. The largest absolute Gasteiger partial charge is 0.466 e. The summed E-state index contributed by atoms with van der Waals surface area (Å²) in [6.45, 7) is 7.59. The predicted octanol–water partition coefficient (Wildman–Crippen LogP) is 5.67. The van der Waals surface area contributed by atoms with Crippen LogP contribution in [-0.2, 0) is 19.0 Å². The first-order valence-electron chi connectivity index (χ1n) is 10.6. The fourth-order valence-corrected chi connectivity index (χ4v) is 2.56. The molecule has 0 bridgehead atoms. The maximum absolute atomic E-state index is 11.4. The highest BCUT2D eigenvalue weighted by atomic mass is 16.5. The molecule has 150 valence electrons. The average Bonchev–Trinajstić information content (AvgIpc) is 2.61. The van der Waals surface area contributed by atoms with Gasteiger partial charge in [0.2, 0.25) is 0 Å². The van der Waals surface area contributed by atoms with Crippen molar-refractivity contribution < 1.29 is 19.0 Å². The van der Waals surface area contributed by atoms with Crippen LogP contribution in [0.5, 0.6) is 0 Å². The number of carbonyl (C=O) groups excluding carboxylic acids is 1. The van der Waals surface area contributed by atoms with E-state index in [0.717, 1.165) is 32.3 Å². The zero-order valence-corrected chi connectivity index (χ0v) is 16.9. The molecule has 0 unspecified atom stereocenters. The maximum Gasteiger partial charge on any atom is 0.305 e. The van der Waals surface area contributed by atoms with E-state index < -0.39 is 0 Å². The fourth-order valence-electron chi connectivity index (χ4n) is 2.56. The molecule has 0 aromatic carbocycles. The summed E-state index contributed by atoms with van der Waals surface area (Å²) < 4.78 is 16.1. The van der Waals surface area contributed by atoms with Gasteiger partial charge in [-0.1, -0.05) is 71.6 Å². The van der Waals surface area contributed by atoms with Crippen LogP contribution >= 0.6 is 0 Å². The van der Waals surface area contributed by atoms with Crippen molar-refractivity contribution in [1.82, 2.24) is 0 Å². The third-order valence-electron chi connectivity index (χ3n) is 4.19. The van der Waals surface area contributed by atoms with Crippen LogP contribution in [0.3, 0.4) is 0 Å². The van der Waals surface area contributed by atoms with Crippen LogP contribution in [0.4, 0.5) is 0 Å². The van der Waals surface area contributed by atoms with Crippen LogP contribution in [-0.4, -0.2) is 39.0 Å². The molecule has 0 amide bonds. The molecule has 0 aromatic heterocycles. The highest BCUT2D eigenvalue weighted by molar-refractivity contribution is 5.69. The lowest BCUT2D eigenvalue weighted by molar-refractivity contribution is -0.144. The van der Waals surface area contributed by atoms with E-state index in [0.29, 0.717) is 32.8 Å². The third kappa shape index (κ3) is 21.3. The van der Waals surface area contributed by atoms with Crippen molar-refractivity contribution in [2.24, 2.45) is 0 Å². The van der Waals surface area contributed by atoms with Crippen molar-refractivity contribution in [3.63, 3.8) is 0 Å². The minimum atomic E-state index is -0.112. The standard InChI is InChI=1S/C21H42O4/c1-3-5-7-8-9-10-11-12-13-16-23-19-20-24-17-14-15-21(22)25-18-6-4-2/h3-20H2,1-2H3. The SMILES string of the molecule is CCCCCCCCCCCOCCOCCCC(=O)OCCCC. The van der Waals surface area contributed by atoms with Gasteiger partial charge < -0.3 is 14.2 Å². The molecule has 4 heteroatoms. The number of unbranched alkanes of at least 4 members (excludes halogenated alkanes) is 9. The van der Waals surface area contributed by atoms with Gasteiger partial charge in [0, 0.05) is 19.6 Å². The molecule has 0 aliphatic heterocycles. The summed E-state index contributed by atoms with van der Waals surface area (Å²) in [6.07, 6.45) is 15.2. The highest BCUT2D eigenvalue weighted by Crippen LogP contribution is 2.09. The molecule has 0 atom stereocenters. The van der Waals surface area contributed by atoms with Gasteiger partial charge in [0.1, 0.15) is 0 Å². The van der Waals surface area contributed by atoms with Crippen molar-refractivity contribution in [3.8, 4) is 0 Å². The summed E-state index contributed by atoms with van der Waals surface area (Å²) in [7, 11) is 0. The van der Waals surface area contributed by atoms with Crippen LogP contribution in [0.25, 0.3) is 0 Å². The van der Waals surface area contributed by atoms with E-state index in [1.807, 2.05) is 0 Å². The number of hydrogen-bond acceptors (Lipinski definition) is 4. The van der Waals surface area contributed by atoms with E-state index in [4.69, 9.17) is 14.2 Å². The lowest BCUT2D eigenvalue weighted by Crippen LogP contribution is -2.09. The Bertz CT molecular complexity index is 269. The van der Waals surface area contributed by atoms with Crippen LogP contribution in [0.1, 0.15) is 97.3 Å². The molecule has 0 N–H and O–H groups in total. The summed E-state index contributed by atoms with van der Waals surface area (Å²) in [6, 6.07) is 0. The van der Waals surface area contributed by atoms with Gasteiger partial charge in [0.25, 0.3) is 0 Å². The highest BCUT2D eigenvalue weighted by Gasteiger charge is 2.01. The minimum Gasteiger partial charge on any atom is -0.466 e. The number of esters is 1. The van der Waals surface area contributed by atoms with E-state index in [2.05, 4.69) is 13.8 Å². The van der Waals surface area contributed by atoms with Crippen molar-refractivity contribution in [2.75, 3.05) is 33.0 Å². The molecule has 0 aliphatic rings. The van der Waals surface area contributed by atoms with Crippen LogP contribution in [0.15, 0.2) is 0 Å². The molecule has 0 saturated heterocycles. The molecule has 0 rings (SSSR count). The van der Waals surface area contributed by atoms with Gasteiger partial charge in [-0.25, -0.2) is 0 Å². The van der Waals surface area contributed by atoms with E-state index >= 15 is 0 Å². The minimum absolute atomic E-state index is 0.112. The van der Waals surface area contributed by atoms with Crippen molar-refractivity contribution in [3.05, 3.63) is 0 Å². The summed E-state index contributed by atoms with van der Waals surface area (Å²) in [5, 5.41) is 0. The Kier molecular flexibility index (Phi) is 20.9. The van der Waals surface area contributed by atoms with Gasteiger partial charge in [0.15, 0.2) is 0 Å². The molecule has 4 nitrogen and oxygen atoms in total. The van der Waals surface area contributed by atoms with E-state index in [1.165, 1.54) is 51.4 Å². The number of rotatable bonds is 20. The molecule has 0 aliphatic carbocycles. The maximum atomic E-state index is 11.4. The first-order valence-corrected chi connectivity index (χ1v) is 10.6. The summed E-state index contributed by atoms with van der Waals surface area (Å²) in [4.78, 5) is 11.4. The van der Waals surface area contributed by atoms with E-state index in [9.17, 15) is 4.79 Å². The van der Waals surface area contributed by atoms with Crippen molar-refractivity contribution >= 4 is 5.97 Å². The first-order chi connectivity index (χ1) is 12.3. The van der Waals surface area contributed by atoms with Gasteiger partial charge in [-0.05, 0) is 19.3 Å². The van der Waals surface area contributed by atoms with Gasteiger partial charge in [0.05, 0.1) is 19.8 Å². The van der Waals surface area contributed by atoms with Gasteiger partial charge in [-0.2, -0.15) is 0 Å². The third-order valence-corrected chi connectivity index (χ3v) is 4.19. The van der Waals surface area contributed by atoms with Crippen molar-refractivity contribution in [1.29, 1.82) is 0 Å².